The molecule has 0 atom stereocenters. The molecule has 0 saturated heterocycles. The Balaban J connectivity index is 1.13. The van der Waals surface area contributed by atoms with Crippen LogP contribution in [0, 0.1) is 0 Å². The maximum absolute atomic E-state index is 5.21. The predicted molar refractivity (Wildman–Crippen MR) is 215 cm³/mol. The zero-order chi connectivity index (χ0) is 34.1. The molecule has 0 amide bonds. The molecule has 240 valence electrons. The number of aromatic nitrogens is 2. The number of hydrogen-bond acceptors (Lipinski definition) is 2. The Kier molecular flexibility index (Phi) is 6.72. The fourth-order valence-corrected chi connectivity index (χ4v) is 8.19. The molecular formula is C49H34N2. The Bertz CT molecular complexity index is 2840. The van der Waals surface area contributed by atoms with Gasteiger partial charge in [0.15, 0.2) is 0 Å². The Morgan fingerprint density at radius 2 is 1.00 bits per heavy atom. The zero-order valence-corrected chi connectivity index (χ0v) is 28.6. The second-order valence-corrected chi connectivity index (χ2v) is 13.9. The summed E-state index contributed by atoms with van der Waals surface area (Å²) < 4.78 is 0. The van der Waals surface area contributed by atoms with Crippen molar-refractivity contribution in [2.75, 3.05) is 0 Å². The molecule has 0 radical (unpaired) electrons. The maximum Gasteiger partial charge on any atom is 0.0793 e. The molecule has 2 aromatic heterocycles. The summed E-state index contributed by atoms with van der Waals surface area (Å²) in [7, 11) is 0. The molecule has 9 aromatic rings. The Morgan fingerprint density at radius 3 is 1.80 bits per heavy atom. The minimum Gasteiger partial charge on any atom is -0.256 e. The summed E-state index contributed by atoms with van der Waals surface area (Å²) in [5.41, 5.74) is 17.7. The van der Waals surface area contributed by atoms with Crippen molar-refractivity contribution in [2.45, 2.75) is 19.8 Å². The number of hydrogen-bond donors (Lipinski definition) is 0. The first-order chi connectivity index (χ1) is 25.1. The van der Waals surface area contributed by atoms with E-state index in [4.69, 9.17) is 9.97 Å². The third kappa shape index (κ3) is 4.64. The van der Waals surface area contributed by atoms with E-state index in [1.54, 1.807) is 0 Å². The number of pyridine rings is 2. The maximum atomic E-state index is 5.21. The highest BCUT2D eigenvalue weighted by atomic mass is 14.7. The third-order valence-electron chi connectivity index (χ3n) is 10.7. The average molecular weight is 651 g/mol. The highest BCUT2D eigenvalue weighted by Gasteiger charge is 2.25. The number of para-hydroxylation sites is 1. The SMILES string of the molecule is CC(C)c1ccc2c(c1)-c1ccc(-c3ccccc3-c3ccccc3-c3cccc(-c4nc5ccccc5c5ccccc45)c3)c3nccc-2c13. The number of benzene rings is 7. The van der Waals surface area contributed by atoms with Crippen LogP contribution in [0.4, 0.5) is 0 Å². The standard InChI is InChI=1S/C49H34N2/c1-30(2)31-22-23-39-42-26-27-50-49-44(25-24-41(47(42)49)45(39)29-31)37-17-6-5-16-36(37)35-15-4-3-14-34(35)32-12-11-13-33(28-32)48-43-20-8-7-18-38(43)40-19-9-10-21-46(40)51-48/h3-30H,1-2H3. The molecule has 0 unspecified atom stereocenters. The van der Waals surface area contributed by atoms with E-state index in [-0.39, 0.29) is 0 Å². The van der Waals surface area contributed by atoms with Gasteiger partial charge in [-0.25, -0.2) is 4.98 Å². The second kappa shape index (κ2) is 11.6. The molecule has 0 aliphatic heterocycles. The van der Waals surface area contributed by atoms with Crippen molar-refractivity contribution >= 4 is 32.6 Å². The first kappa shape index (κ1) is 29.5. The van der Waals surface area contributed by atoms with Crippen LogP contribution >= 0.6 is 0 Å². The quantitative estimate of drug-likeness (QED) is 0.173. The smallest absolute Gasteiger partial charge is 0.0793 e. The van der Waals surface area contributed by atoms with Crippen molar-refractivity contribution in [3.05, 3.63) is 169 Å². The van der Waals surface area contributed by atoms with E-state index < -0.39 is 0 Å². The Morgan fingerprint density at radius 1 is 0.412 bits per heavy atom. The van der Waals surface area contributed by atoms with Crippen LogP contribution in [0.5, 0.6) is 0 Å². The minimum atomic E-state index is 0.475. The van der Waals surface area contributed by atoms with Crippen molar-refractivity contribution in [3.8, 4) is 66.9 Å². The molecule has 2 heteroatoms. The Labute approximate surface area is 297 Å². The first-order valence-corrected chi connectivity index (χ1v) is 17.8. The number of rotatable bonds is 5. The lowest BCUT2D eigenvalue weighted by Crippen LogP contribution is -1.93. The van der Waals surface area contributed by atoms with Gasteiger partial charge in [-0.2, -0.15) is 0 Å². The molecule has 51 heavy (non-hydrogen) atoms. The van der Waals surface area contributed by atoms with E-state index >= 15 is 0 Å². The number of fused-ring (bicyclic) bond motifs is 6. The lowest BCUT2D eigenvalue weighted by atomic mass is 9.87. The van der Waals surface area contributed by atoms with Gasteiger partial charge in [0.2, 0.25) is 0 Å². The fourth-order valence-electron chi connectivity index (χ4n) is 8.19. The average Bonchev–Trinajstić information content (AvgIpc) is 3.52. The third-order valence-corrected chi connectivity index (χ3v) is 10.7. The molecule has 1 aliphatic carbocycles. The van der Waals surface area contributed by atoms with Gasteiger partial charge in [-0.3, -0.25) is 4.98 Å². The Hall–Kier alpha value is -6.38. The lowest BCUT2D eigenvalue weighted by molar-refractivity contribution is 0.867. The molecule has 7 aromatic carbocycles. The highest BCUT2D eigenvalue weighted by molar-refractivity contribution is 6.18. The summed E-state index contributed by atoms with van der Waals surface area (Å²) >= 11 is 0. The van der Waals surface area contributed by atoms with E-state index in [1.165, 1.54) is 66.2 Å². The highest BCUT2D eigenvalue weighted by Crippen LogP contribution is 2.50. The molecule has 0 N–H and O–H groups in total. The largest absolute Gasteiger partial charge is 0.256 e. The van der Waals surface area contributed by atoms with Crippen LogP contribution < -0.4 is 0 Å². The lowest BCUT2D eigenvalue weighted by Gasteiger charge is -2.17. The number of nitrogens with zero attached hydrogens (tertiary/aromatic N) is 2. The fraction of sp³-hybridized carbons (Fsp3) is 0.0612. The molecule has 2 nitrogen and oxygen atoms in total. The van der Waals surface area contributed by atoms with Crippen LogP contribution in [0.15, 0.2) is 164 Å². The summed E-state index contributed by atoms with van der Waals surface area (Å²) in [5, 5.41) is 4.81. The normalized spacial score (nSPS) is 11.9. The molecule has 2 heterocycles. The van der Waals surface area contributed by atoms with Gasteiger partial charge in [0.05, 0.1) is 16.7 Å². The van der Waals surface area contributed by atoms with Crippen molar-refractivity contribution in [1.82, 2.24) is 9.97 Å². The predicted octanol–water partition coefficient (Wildman–Crippen LogP) is 13.4. The van der Waals surface area contributed by atoms with Crippen LogP contribution in [-0.4, -0.2) is 9.97 Å². The van der Waals surface area contributed by atoms with E-state index in [0.717, 1.165) is 38.8 Å². The van der Waals surface area contributed by atoms with E-state index in [9.17, 15) is 0 Å². The first-order valence-electron chi connectivity index (χ1n) is 17.8. The van der Waals surface area contributed by atoms with E-state index in [0.29, 0.717) is 5.92 Å². The van der Waals surface area contributed by atoms with Crippen molar-refractivity contribution < 1.29 is 0 Å². The van der Waals surface area contributed by atoms with E-state index in [1.807, 2.05) is 6.20 Å². The molecule has 0 saturated carbocycles. The summed E-state index contributed by atoms with van der Waals surface area (Å²) in [6, 6.07) is 57.2. The summed E-state index contributed by atoms with van der Waals surface area (Å²) in [5.74, 6) is 0.475. The van der Waals surface area contributed by atoms with Gasteiger partial charge in [0.1, 0.15) is 0 Å². The van der Waals surface area contributed by atoms with Gasteiger partial charge in [-0.1, -0.05) is 153 Å². The minimum absolute atomic E-state index is 0.475. The van der Waals surface area contributed by atoms with Crippen molar-refractivity contribution in [3.63, 3.8) is 0 Å². The van der Waals surface area contributed by atoms with Crippen LogP contribution in [0.3, 0.4) is 0 Å². The summed E-state index contributed by atoms with van der Waals surface area (Å²) in [6.45, 7) is 4.52. The van der Waals surface area contributed by atoms with Gasteiger partial charge >= 0.3 is 0 Å². The topological polar surface area (TPSA) is 25.8 Å². The summed E-state index contributed by atoms with van der Waals surface area (Å²) in [4.78, 5) is 10.3. The molecular weight excluding hydrogens is 617 g/mol. The zero-order valence-electron chi connectivity index (χ0n) is 28.6. The second-order valence-electron chi connectivity index (χ2n) is 13.9. The van der Waals surface area contributed by atoms with Crippen LogP contribution in [-0.2, 0) is 0 Å². The molecule has 0 fully saturated rings. The van der Waals surface area contributed by atoms with Crippen LogP contribution in [0.25, 0.3) is 99.5 Å². The van der Waals surface area contributed by atoms with Gasteiger partial charge in [-0.15, -0.1) is 0 Å². The molecule has 1 aliphatic rings. The van der Waals surface area contributed by atoms with Crippen LogP contribution in [0.1, 0.15) is 25.3 Å². The molecule has 0 bridgehead atoms. The summed E-state index contributed by atoms with van der Waals surface area (Å²) in [6.07, 6.45) is 1.98. The van der Waals surface area contributed by atoms with Gasteiger partial charge in [0, 0.05) is 33.5 Å². The van der Waals surface area contributed by atoms with Crippen LogP contribution in [0.2, 0.25) is 0 Å². The van der Waals surface area contributed by atoms with Gasteiger partial charge < -0.3 is 0 Å². The van der Waals surface area contributed by atoms with Gasteiger partial charge in [0.25, 0.3) is 0 Å². The molecule has 0 spiro atoms. The van der Waals surface area contributed by atoms with E-state index in [2.05, 4.69) is 172 Å². The van der Waals surface area contributed by atoms with Crippen molar-refractivity contribution in [1.29, 1.82) is 0 Å². The molecule has 10 rings (SSSR count). The monoisotopic (exact) mass is 650 g/mol. The van der Waals surface area contributed by atoms with Crippen molar-refractivity contribution in [2.24, 2.45) is 0 Å². The van der Waals surface area contributed by atoms with Gasteiger partial charge in [-0.05, 0) is 85.1 Å².